The second kappa shape index (κ2) is 8.31. The van der Waals surface area contributed by atoms with Gasteiger partial charge in [0.2, 0.25) is 0 Å². The molecule has 74 valence electrons. The van der Waals surface area contributed by atoms with E-state index < -0.39 is 0 Å². The van der Waals surface area contributed by atoms with Gasteiger partial charge in [-0.25, -0.2) is 0 Å². The molecule has 0 nitrogen and oxygen atoms in total. The molecule has 1 rings (SSSR count). The highest BCUT2D eigenvalue weighted by molar-refractivity contribution is 5.15. The Morgan fingerprint density at radius 3 is 1.21 bits per heavy atom. The summed E-state index contributed by atoms with van der Waals surface area (Å²) >= 11 is 0. The van der Waals surface area contributed by atoms with Gasteiger partial charge in [0.1, 0.15) is 0 Å². The van der Waals surface area contributed by atoms with Crippen molar-refractivity contribution in [3.05, 3.63) is 60.8 Å². The molecule has 0 saturated carbocycles. The minimum absolute atomic E-state index is 1.14. The van der Waals surface area contributed by atoms with Crippen molar-refractivity contribution >= 4 is 0 Å². The Kier molecular flexibility index (Phi) is 6.39. The first-order chi connectivity index (χ1) is 7.00. The van der Waals surface area contributed by atoms with Crippen LogP contribution in [0.1, 0.15) is 25.7 Å². The maximum Gasteiger partial charge on any atom is -0.0313 e. The Bertz CT molecular complexity index is 234. The molecule has 0 aromatic heterocycles. The van der Waals surface area contributed by atoms with Crippen molar-refractivity contribution in [2.24, 2.45) is 0 Å². The number of allylic oxidation sites excluding steroid dienone is 10. The smallest absolute Gasteiger partial charge is 0.0313 e. The van der Waals surface area contributed by atoms with Crippen LogP contribution in [0.15, 0.2) is 60.8 Å². The zero-order chi connectivity index (χ0) is 9.90. The molecular formula is C14H18. The van der Waals surface area contributed by atoms with E-state index in [0.717, 1.165) is 25.7 Å². The van der Waals surface area contributed by atoms with E-state index in [0.29, 0.717) is 0 Å². The highest BCUT2D eigenvalue weighted by atomic mass is 13.8. The minimum Gasteiger partial charge on any atom is -0.0882 e. The van der Waals surface area contributed by atoms with Crippen LogP contribution in [0.3, 0.4) is 0 Å². The van der Waals surface area contributed by atoms with Crippen LogP contribution in [0.5, 0.6) is 0 Å². The molecule has 0 aromatic rings. The van der Waals surface area contributed by atoms with E-state index in [4.69, 9.17) is 0 Å². The predicted molar refractivity (Wildman–Crippen MR) is 64.2 cm³/mol. The average molecular weight is 186 g/mol. The first-order valence-electron chi connectivity index (χ1n) is 5.30. The van der Waals surface area contributed by atoms with E-state index in [2.05, 4.69) is 60.8 Å². The van der Waals surface area contributed by atoms with E-state index in [1.54, 1.807) is 0 Å². The Morgan fingerprint density at radius 1 is 0.357 bits per heavy atom. The summed E-state index contributed by atoms with van der Waals surface area (Å²) in [6.07, 6.45) is 26.0. The van der Waals surface area contributed by atoms with Gasteiger partial charge in [0.05, 0.1) is 0 Å². The standard InChI is InChI=1S/C14H18/c1-2-4-6-8-10-12-14-13-11-9-7-5-3-1/h1-8,13-14H,9-12H2/b3-1-,4-2+,7-5?,8-6+,14-13?. The van der Waals surface area contributed by atoms with E-state index >= 15 is 0 Å². The van der Waals surface area contributed by atoms with Crippen molar-refractivity contribution in [3.63, 3.8) is 0 Å². The number of rotatable bonds is 0. The van der Waals surface area contributed by atoms with Gasteiger partial charge in [-0.2, -0.15) is 0 Å². The minimum atomic E-state index is 1.14. The Hall–Kier alpha value is -1.30. The molecule has 0 N–H and O–H groups in total. The summed E-state index contributed by atoms with van der Waals surface area (Å²) in [7, 11) is 0. The van der Waals surface area contributed by atoms with Crippen LogP contribution in [0.4, 0.5) is 0 Å². The number of hydrogen-bond donors (Lipinski definition) is 0. The molecular weight excluding hydrogens is 168 g/mol. The summed E-state index contributed by atoms with van der Waals surface area (Å²) in [6, 6.07) is 0. The maximum absolute atomic E-state index is 2.27. The van der Waals surface area contributed by atoms with Crippen molar-refractivity contribution in [2.45, 2.75) is 25.7 Å². The van der Waals surface area contributed by atoms with E-state index in [-0.39, 0.29) is 0 Å². The molecule has 0 bridgehead atoms. The summed E-state index contributed by atoms with van der Waals surface area (Å²) in [5.41, 5.74) is 0. The molecule has 0 amide bonds. The highest BCUT2D eigenvalue weighted by Gasteiger charge is 1.78. The second-order valence-electron chi connectivity index (χ2n) is 3.25. The van der Waals surface area contributed by atoms with Crippen LogP contribution in [-0.4, -0.2) is 0 Å². The van der Waals surface area contributed by atoms with Crippen molar-refractivity contribution in [3.8, 4) is 0 Å². The number of hydrogen-bond acceptors (Lipinski definition) is 0. The fourth-order valence-corrected chi connectivity index (χ4v) is 1.23. The fourth-order valence-electron chi connectivity index (χ4n) is 1.23. The Balaban J connectivity index is 2.46. The lowest BCUT2D eigenvalue weighted by Crippen LogP contribution is -1.68. The molecule has 0 atom stereocenters. The molecule has 1 aliphatic carbocycles. The summed E-state index contributed by atoms with van der Waals surface area (Å²) in [6.45, 7) is 0. The van der Waals surface area contributed by atoms with Gasteiger partial charge in [0.25, 0.3) is 0 Å². The molecule has 0 heteroatoms. The second-order valence-corrected chi connectivity index (χ2v) is 3.25. The lowest BCUT2D eigenvalue weighted by atomic mass is 10.2. The van der Waals surface area contributed by atoms with Crippen molar-refractivity contribution < 1.29 is 0 Å². The van der Waals surface area contributed by atoms with Gasteiger partial charge in [-0.15, -0.1) is 0 Å². The highest BCUT2D eigenvalue weighted by Crippen LogP contribution is 1.98. The zero-order valence-electron chi connectivity index (χ0n) is 8.60. The van der Waals surface area contributed by atoms with Gasteiger partial charge in [-0.1, -0.05) is 60.8 Å². The largest absolute Gasteiger partial charge is 0.0882 e. The molecule has 0 aliphatic heterocycles. The molecule has 0 fully saturated rings. The van der Waals surface area contributed by atoms with Crippen LogP contribution >= 0.6 is 0 Å². The van der Waals surface area contributed by atoms with E-state index in [1.807, 2.05) is 0 Å². The van der Waals surface area contributed by atoms with Crippen molar-refractivity contribution in [1.82, 2.24) is 0 Å². The molecule has 14 heavy (non-hydrogen) atoms. The first-order valence-corrected chi connectivity index (χ1v) is 5.30. The SMILES string of the molecule is C1=CCCC=CCC/C=C/C=C/C=C\1. The van der Waals surface area contributed by atoms with E-state index in [9.17, 15) is 0 Å². The average Bonchev–Trinajstić information content (AvgIpc) is 2.22. The van der Waals surface area contributed by atoms with Crippen molar-refractivity contribution in [2.75, 3.05) is 0 Å². The van der Waals surface area contributed by atoms with Crippen LogP contribution in [0.2, 0.25) is 0 Å². The van der Waals surface area contributed by atoms with Crippen LogP contribution < -0.4 is 0 Å². The van der Waals surface area contributed by atoms with Gasteiger partial charge in [-0.3, -0.25) is 0 Å². The van der Waals surface area contributed by atoms with Crippen LogP contribution in [-0.2, 0) is 0 Å². The summed E-state index contributed by atoms with van der Waals surface area (Å²) in [5, 5.41) is 0. The summed E-state index contributed by atoms with van der Waals surface area (Å²) < 4.78 is 0. The fraction of sp³-hybridized carbons (Fsp3) is 0.286. The molecule has 0 aromatic carbocycles. The van der Waals surface area contributed by atoms with Crippen molar-refractivity contribution in [1.29, 1.82) is 0 Å². The van der Waals surface area contributed by atoms with Gasteiger partial charge >= 0.3 is 0 Å². The summed E-state index contributed by atoms with van der Waals surface area (Å²) in [4.78, 5) is 0. The molecule has 0 spiro atoms. The van der Waals surface area contributed by atoms with Gasteiger partial charge in [0.15, 0.2) is 0 Å². The molecule has 1 aliphatic rings. The Labute approximate surface area is 87.0 Å². The monoisotopic (exact) mass is 186 g/mol. The molecule has 0 unspecified atom stereocenters. The molecule has 0 saturated heterocycles. The van der Waals surface area contributed by atoms with Gasteiger partial charge in [0, 0.05) is 0 Å². The zero-order valence-corrected chi connectivity index (χ0v) is 8.60. The third-order valence-corrected chi connectivity index (χ3v) is 1.99. The third kappa shape index (κ3) is 6.24. The third-order valence-electron chi connectivity index (χ3n) is 1.99. The summed E-state index contributed by atoms with van der Waals surface area (Å²) in [5.74, 6) is 0. The lowest BCUT2D eigenvalue weighted by molar-refractivity contribution is 1.00. The normalized spacial score (nSPS) is 25.1. The van der Waals surface area contributed by atoms with Gasteiger partial charge < -0.3 is 0 Å². The molecule has 0 radical (unpaired) electrons. The van der Waals surface area contributed by atoms with Crippen LogP contribution in [0.25, 0.3) is 0 Å². The quantitative estimate of drug-likeness (QED) is 0.494. The Morgan fingerprint density at radius 2 is 0.714 bits per heavy atom. The molecule has 0 heterocycles. The maximum atomic E-state index is 2.27. The van der Waals surface area contributed by atoms with E-state index in [1.165, 1.54) is 0 Å². The predicted octanol–water partition coefficient (Wildman–Crippen LogP) is 4.34. The van der Waals surface area contributed by atoms with Crippen LogP contribution in [0, 0.1) is 0 Å². The van der Waals surface area contributed by atoms with Gasteiger partial charge in [-0.05, 0) is 25.7 Å². The topological polar surface area (TPSA) is 0 Å². The lowest BCUT2D eigenvalue weighted by Gasteiger charge is -1.88. The first kappa shape index (κ1) is 10.8.